The van der Waals surface area contributed by atoms with Gasteiger partial charge >= 0.3 is 0 Å². The van der Waals surface area contributed by atoms with Crippen molar-refractivity contribution in [3.8, 4) is 5.75 Å². The molecule has 1 rings (SSSR count). The summed E-state index contributed by atoms with van der Waals surface area (Å²) in [6, 6.07) is 6.17. The van der Waals surface area contributed by atoms with E-state index in [1.807, 2.05) is 0 Å². The smallest absolute Gasteiger partial charge is 0.299 e. The lowest BCUT2D eigenvalue weighted by Crippen LogP contribution is -1.88. The summed E-state index contributed by atoms with van der Waals surface area (Å²) in [6.07, 6.45) is 0. The van der Waals surface area contributed by atoms with Crippen molar-refractivity contribution < 1.29 is 12.6 Å². The highest BCUT2D eigenvalue weighted by Crippen LogP contribution is 2.16. The fourth-order valence-electron chi connectivity index (χ4n) is 0.610. The largest absolute Gasteiger partial charge is 0.384 e. The Kier molecular flexibility index (Phi) is 2.73. The Morgan fingerprint density at radius 2 is 2.09 bits per heavy atom. The molecule has 0 bridgehead atoms. The maximum absolute atomic E-state index is 10.1. The average Bonchev–Trinajstić information content (AvgIpc) is 1.85. The molecule has 0 unspecified atom stereocenters. The molecule has 0 N–H and O–H groups in total. The van der Waals surface area contributed by atoms with Crippen LogP contribution in [0.2, 0.25) is 5.02 Å². The Balaban J connectivity index is 2.87. The van der Waals surface area contributed by atoms with Crippen LogP contribution in [0, 0.1) is 0 Å². The maximum Gasteiger partial charge on any atom is 0.299 e. The Morgan fingerprint density at radius 1 is 1.36 bits per heavy atom. The minimum atomic E-state index is -2.85. The monoisotopic (exact) mass is 192 g/mol. The van der Waals surface area contributed by atoms with Crippen LogP contribution in [0.15, 0.2) is 24.3 Å². The molecule has 11 heavy (non-hydrogen) atoms. The highest BCUT2D eigenvalue weighted by atomic mass is 35.5. The second-order valence-electron chi connectivity index (χ2n) is 1.77. The molecule has 0 spiro atoms. The third-order valence-corrected chi connectivity index (χ3v) is 1.57. The zero-order valence-corrected chi connectivity index (χ0v) is 7.01. The molecular formula is C6H5ClO3S. The Labute approximate surface area is 70.7 Å². The van der Waals surface area contributed by atoms with Crippen LogP contribution in [0.4, 0.5) is 0 Å². The molecular weight excluding hydrogens is 188 g/mol. The van der Waals surface area contributed by atoms with E-state index < -0.39 is 11.0 Å². The van der Waals surface area contributed by atoms with Gasteiger partial charge in [0.2, 0.25) is 0 Å². The van der Waals surface area contributed by atoms with Crippen molar-refractivity contribution in [3.05, 3.63) is 29.3 Å². The number of hydrogen-bond acceptors (Lipinski definition) is 3. The van der Waals surface area contributed by atoms with Gasteiger partial charge in [0.05, 0.1) is 0 Å². The Morgan fingerprint density at radius 3 is 2.64 bits per heavy atom. The van der Waals surface area contributed by atoms with Crippen molar-refractivity contribution in [2.24, 2.45) is 0 Å². The van der Waals surface area contributed by atoms with Gasteiger partial charge in [-0.05, 0) is 12.1 Å². The minimum Gasteiger partial charge on any atom is -0.384 e. The van der Waals surface area contributed by atoms with Crippen molar-refractivity contribution in [1.82, 2.24) is 0 Å². The van der Waals surface area contributed by atoms with Gasteiger partial charge in [0.1, 0.15) is 5.75 Å². The van der Waals surface area contributed by atoms with E-state index in [2.05, 4.69) is 4.18 Å². The first-order chi connectivity index (χ1) is 5.18. The first kappa shape index (κ1) is 8.36. The van der Waals surface area contributed by atoms with Crippen molar-refractivity contribution in [3.63, 3.8) is 0 Å². The topological polar surface area (TPSA) is 43.4 Å². The molecule has 60 valence electrons. The molecule has 0 atom stereocenters. The summed E-state index contributed by atoms with van der Waals surface area (Å²) in [4.78, 5) is 0. The van der Waals surface area contributed by atoms with Crippen LogP contribution >= 0.6 is 11.6 Å². The number of benzene rings is 1. The van der Waals surface area contributed by atoms with E-state index in [-0.39, 0.29) is 5.75 Å². The normalized spacial score (nSPS) is 10.0. The lowest BCUT2D eigenvalue weighted by molar-refractivity contribution is 0.511. The van der Waals surface area contributed by atoms with Gasteiger partial charge in [-0.2, -0.15) is 8.42 Å². The first-order valence-corrected chi connectivity index (χ1v) is 4.24. The van der Waals surface area contributed by atoms with E-state index in [0.29, 0.717) is 5.02 Å². The lowest BCUT2D eigenvalue weighted by Gasteiger charge is -1.95. The number of thiol groups is 1. The molecule has 0 saturated carbocycles. The molecule has 0 aliphatic rings. The maximum atomic E-state index is 10.1. The molecule has 0 aliphatic heterocycles. The summed E-state index contributed by atoms with van der Waals surface area (Å²) in [5, 5.41) is 0.444. The average molecular weight is 193 g/mol. The standard InChI is InChI=1S/C6H5ClO3S/c7-5-2-1-3-6(4-5)10-11(8)9/h1-4,11H. The minimum absolute atomic E-state index is 0.230. The van der Waals surface area contributed by atoms with Gasteiger partial charge in [-0.15, -0.1) is 0 Å². The highest BCUT2D eigenvalue weighted by molar-refractivity contribution is 7.67. The van der Waals surface area contributed by atoms with Crippen LogP contribution in [-0.4, -0.2) is 8.42 Å². The SMILES string of the molecule is O=[SH](=O)Oc1cccc(Cl)c1. The number of rotatable bonds is 2. The van der Waals surface area contributed by atoms with Gasteiger partial charge in [-0.25, -0.2) is 0 Å². The van der Waals surface area contributed by atoms with Crippen molar-refractivity contribution in [2.45, 2.75) is 0 Å². The van der Waals surface area contributed by atoms with Crippen LogP contribution in [0.1, 0.15) is 0 Å². The van der Waals surface area contributed by atoms with Gasteiger partial charge in [0.15, 0.2) is 0 Å². The Hall–Kier alpha value is -0.740. The second-order valence-corrected chi connectivity index (χ2v) is 2.84. The molecule has 3 nitrogen and oxygen atoms in total. The van der Waals surface area contributed by atoms with E-state index in [0.717, 1.165) is 0 Å². The molecule has 0 heterocycles. The van der Waals surface area contributed by atoms with Crippen molar-refractivity contribution >= 4 is 22.6 Å². The zero-order chi connectivity index (χ0) is 8.27. The van der Waals surface area contributed by atoms with Crippen LogP contribution in [-0.2, 0) is 11.0 Å². The van der Waals surface area contributed by atoms with Gasteiger partial charge < -0.3 is 4.18 Å². The fraction of sp³-hybridized carbons (Fsp3) is 0. The molecule has 1 aromatic rings. The summed E-state index contributed by atoms with van der Waals surface area (Å²) in [5.74, 6) is 0.230. The highest BCUT2D eigenvalue weighted by Gasteiger charge is 1.93. The number of hydrogen-bond donors (Lipinski definition) is 1. The predicted octanol–water partition coefficient (Wildman–Crippen LogP) is 1.25. The molecule has 0 aliphatic carbocycles. The molecule has 0 fully saturated rings. The van der Waals surface area contributed by atoms with Gasteiger partial charge in [0, 0.05) is 11.1 Å². The summed E-state index contributed by atoms with van der Waals surface area (Å²) < 4.78 is 24.5. The second kappa shape index (κ2) is 3.59. The molecule has 5 heteroatoms. The third-order valence-electron chi connectivity index (χ3n) is 0.976. The van der Waals surface area contributed by atoms with Gasteiger partial charge in [0.25, 0.3) is 11.0 Å². The summed E-state index contributed by atoms with van der Waals surface area (Å²) >= 11 is 5.55. The van der Waals surface area contributed by atoms with Gasteiger partial charge in [-0.3, -0.25) is 0 Å². The summed E-state index contributed by atoms with van der Waals surface area (Å²) in [6.45, 7) is 0. The van der Waals surface area contributed by atoms with Crippen molar-refractivity contribution in [2.75, 3.05) is 0 Å². The molecule has 0 radical (unpaired) electrons. The summed E-state index contributed by atoms with van der Waals surface area (Å²) in [7, 11) is -2.85. The lowest BCUT2D eigenvalue weighted by atomic mass is 10.3. The molecule has 0 saturated heterocycles. The molecule has 0 amide bonds. The van der Waals surface area contributed by atoms with Crippen LogP contribution in [0.25, 0.3) is 0 Å². The van der Waals surface area contributed by atoms with E-state index in [9.17, 15) is 8.42 Å². The van der Waals surface area contributed by atoms with E-state index >= 15 is 0 Å². The fourth-order valence-corrected chi connectivity index (χ4v) is 1.08. The van der Waals surface area contributed by atoms with E-state index in [1.54, 1.807) is 12.1 Å². The van der Waals surface area contributed by atoms with Crippen LogP contribution < -0.4 is 4.18 Å². The molecule has 0 aromatic heterocycles. The van der Waals surface area contributed by atoms with Crippen molar-refractivity contribution in [1.29, 1.82) is 0 Å². The summed E-state index contributed by atoms with van der Waals surface area (Å²) in [5.41, 5.74) is 0. The predicted molar refractivity (Wildman–Crippen MR) is 42.4 cm³/mol. The van der Waals surface area contributed by atoms with E-state index in [1.165, 1.54) is 12.1 Å². The first-order valence-electron chi connectivity index (χ1n) is 2.76. The third kappa shape index (κ3) is 2.78. The Bertz CT molecular complexity index is 313. The number of halogens is 1. The van der Waals surface area contributed by atoms with Gasteiger partial charge in [-0.1, -0.05) is 17.7 Å². The molecule has 1 aromatic carbocycles. The quantitative estimate of drug-likeness (QED) is 0.718. The van der Waals surface area contributed by atoms with Crippen LogP contribution in [0.5, 0.6) is 5.75 Å². The zero-order valence-electron chi connectivity index (χ0n) is 5.36. The van der Waals surface area contributed by atoms with Crippen LogP contribution in [0.3, 0.4) is 0 Å². The van der Waals surface area contributed by atoms with E-state index in [4.69, 9.17) is 11.6 Å².